The molecule has 1 atom stereocenters. The number of fused-ring (bicyclic) bond motifs is 1. The molecule has 1 aromatic heterocycles. The predicted octanol–water partition coefficient (Wildman–Crippen LogP) is 2.07. The molecule has 1 aromatic carbocycles. The van der Waals surface area contributed by atoms with Crippen molar-refractivity contribution in [3.63, 3.8) is 0 Å². The van der Waals surface area contributed by atoms with Gasteiger partial charge in [0.1, 0.15) is 11.5 Å². The summed E-state index contributed by atoms with van der Waals surface area (Å²) in [6.45, 7) is 7.09. The Hall–Kier alpha value is -2.50. The molecule has 1 aliphatic rings. The van der Waals surface area contributed by atoms with Gasteiger partial charge in [-0.2, -0.15) is 0 Å². The number of rotatable bonds is 2. The molecular formula is C18H24N4O2. The number of aromatic nitrogens is 2. The Labute approximate surface area is 141 Å². The molecule has 0 radical (unpaired) electrons. The highest BCUT2D eigenvalue weighted by Gasteiger charge is 2.39. The van der Waals surface area contributed by atoms with E-state index >= 15 is 0 Å². The molecule has 0 saturated heterocycles. The minimum absolute atomic E-state index is 0.0369. The summed E-state index contributed by atoms with van der Waals surface area (Å²) in [5.74, 6) is 0.676. The van der Waals surface area contributed by atoms with E-state index in [9.17, 15) is 9.59 Å². The van der Waals surface area contributed by atoms with Crippen LogP contribution >= 0.6 is 0 Å². The molecule has 1 N–H and O–H groups in total. The average molecular weight is 328 g/mol. The fourth-order valence-electron chi connectivity index (χ4n) is 3.62. The number of anilines is 2. The Morgan fingerprint density at radius 3 is 2.29 bits per heavy atom. The summed E-state index contributed by atoms with van der Waals surface area (Å²) in [7, 11) is 3.58. The second kappa shape index (κ2) is 5.54. The zero-order valence-corrected chi connectivity index (χ0v) is 14.8. The van der Waals surface area contributed by atoms with Gasteiger partial charge < -0.3 is 9.80 Å². The predicted molar refractivity (Wildman–Crippen MR) is 96.7 cm³/mol. The maximum Gasteiger partial charge on any atom is 0.329 e. The Morgan fingerprint density at radius 1 is 1.08 bits per heavy atom. The van der Waals surface area contributed by atoms with E-state index in [1.54, 1.807) is 7.05 Å². The van der Waals surface area contributed by atoms with Crippen LogP contribution < -0.4 is 21.0 Å². The van der Waals surface area contributed by atoms with Crippen LogP contribution in [-0.4, -0.2) is 23.3 Å². The number of hydrogen-bond acceptors (Lipinski definition) is 4. The zero-order valence-electron chi connectivity index (χ0n) is 14.8. The first-order chi connectivity index (χ1) is 11.2. The highest BCUT2D eigenvalue weighted by molar-refractivity contribution is 5.72. The van der Waals surface area contributed by atoms with Crippen molar-refractivity contribution in [3.8, 4) is 0 Å². The van der Waals surface area contributed by atoms with Crippen LogP contribution in [-0.2, 0) is 7.05 Å². The van der Waals surface area contributed by atoms with Gasteiger partial charge in [0, 0.05) is 14.1 Å². The molecular weight excluding hydrogens is 304 g/mol. The minimum atomic E-state index is -0.389. The van der Waals surface area contributed by atoms with Crippen LogP contribution in [0.25, 0.3) is 0 Å². The standard InChI is InChI=1S/C18H24N4O2/c1-18(2,3)14(12-9-7-6-8-10-12)22-11-20(4)13-15(23)19-17(24)21(5)16(13)22/h6-10,14H,11H2,1-5H3,(H,19,23,24). The smallest absolute Gasteiger partial charge is 0.329 e. The van der Waals surface area contributed by atoms with Gasteiger partial charge in [-0.1, -0.05) is 51.1 Å². The van der Waals surface area contributed by atoms with Crippen LogP contribution in [0.2, 0.25) is 0 Å². The maximum absolute atomic E-state index is 12.3. The Balaban J connectivity index is 2.24. The molecule has 0 saturated carbocycles. The lowest BCUT2D eigenvalue weighted by molar-refractivity contribution is 0.308. The molecule has 0 bridgehead atoms. The van der Waals surface area contributed by atoms with E-state index in [0.717, 1.165) is 0 Å². The molecule has 0 fully saturated rings. The molecule has 1 unspecified atom stereocenters. The van der Waals surface area contributed by atoms with Gasteiger partial charge in [-0.15, -0.1) is 0 Å². The normalized spacial score (nSPS) is 15.5. The average Bonchev–Trinajstić information content (AvgIpc) is 2.82. The van der Waals surface area contributed by atoms with Crippen molar-refractivity contribution < 1.29 is 0 Å². The van der Waals surface area contributed by atoms with Gasteiger partial charge in [-0.25, -0.2) is 4.79 Å². The van der Waals surface area contributed by atoms with Crippen molar-refractivity contribution in [2.45, 2.75) is 26.8 Å². The molecule has 1 aliphatic heterocycles. The quantitative estimate of drug-likeness (QED) is 0.917. The van der Waals surface area contributed by atoms with Crippen molar-refractivity contribution in [2.75, 3.05) is 23.5 Å². The largest absolute Gasteiger partial charge is 0.349 e. The maximum atomic E-state index is 12.3. The van der Waals surface area contributed by atoms with Crippen LogP contribution in [0.15, 0.2) is 39.9 Å². The Bertz CT molecular complexity index is 861. The van der Waals surface area contributed by atoms with Gasteiger partial charge >= 0.3 is 5.69 Å². The van der Waals surface area contributed by atoms with Gasteiger partial charge in [0.25, 0.3) is 5.56 Å². The van der Waals surface area contributed by atoms with Crippen molar-refractivity contribution in [2.24, 2.45) is 12.5 Å². The lowest BCUT2D eigenvalue weighted by atomic mass is 9.81. The first kappa shape index (κ1) is 16.4. The number of benzene rings is 1. The summed E-state index contributed by atoms with van der Waals surface area (Å²) in [6.07, 6.45) is 0. The third-order valence-electron chi connectivity index (χ3n) is 4.54. The van der Waals surface area contributed by atoms with E-state index in [2.05, 4.69) is 42.8 Å². The summed E-state index contributed by atoms with van der Waals surface area (Å²) < 4.78 is 1.53. The highest BCUT2D eigenvalue weighted by atomic mass is 16.2. The summed E-state index contributed by atoms with van der Waals surface area (Å²) >= 11 is 0. The zero-order chi connectivity index (χ0) is 17.6. The van der Waals surface area contributed by atoms with Crippen molar-refractivity contribution in [1.29, 1.82) is 0 Å². The van der Waals surface area contributed by atoms with Crippen LogP contribution in [0.5, 0.6) is 0 Å². The Morgan fingerprint density at radius 2 is 1.71 bits per heavy atom. The lowest BCUT2D eigenvalue weighted by Gasteiger charge is -2.40. The van der Waals surface area contributed by atoms with Crippen LogP contribution in [0.3, 0.4) is 0 Å². The molecule has 0 amide bonds. The first-order valence-corrected chi connectivity index (χ1v) is 8.08. The topological polar surface area (TPSA) is 61.3 Å². The third kappa shape index (κ3) is 2.52. The number of nitrogens with zero attached hydrogens (tertiary/aromatic N) is 3. The van der Waals surface area contributed by atoms with Gasteiger partial charge in [0.15, 0.2) is 0 Å². The fraction of sp³-hybridized carbons (Fsp3) is 0.444. The fourth-order valence-corrected chi connectivity index (χ4v) is 3.62. The minimum Gasteiger partial charge on any atom is -0.349 e. The molecule has 0 aliphatic carbocycles. The van der Waals surface area contributed by atoms with Crippen molar-refractivity contribution in [1.82, 2.24) is 9.55 Å². The monoisotopic (exact) mass is 328 g/mol. The van der Waals surface area contributed by atoms with Gasteiger partial charge in [0.05, 0.1) is 12.7 Å². The molecule has 6 heteroatoms. The van der Waals surface area contributed by atoms with Crippen LogP contribution in [0.4, 0.5) is 11.5 Å². The lowest BCUT2D eigenvalue weighted by Crippen LogP contribution is -2.40. The van der Waals surface area contributed by atoms with E-state index in [-0.39, 0.29) is 22.7 Å². The van der Waals surface area contributed by atoms with Crippen LogP contribution in [0.1, 0.15) is 32.4 Å². The van der Waals surface area contributed by atoms with Crippen molar-refractivity contribution >= 4 is 11.5 Å². The van der Waals surface area contributed by atoms with E-state index in [1.165, 1.54) is 10.1 Å². The van der Waals surface area contributed by atoms with Gasteiger partial charge in [-0.05, 0) is 11.0 Å². The SMILES string of the molecule is CN1CN(C(c2ccccc2)C(C)(C)C)c2c1c(=O)[nH]c(=O)n2C. The molecule has 2 aromatic rings. The number of aromatic amines is 1. The van der Waals surface area contributed by atoms with Gasteiger partial charge in [-0.3, -0.25) is 14.3 Å². The van der Waals surface area contributed by atoms with E-state index in [0.29, 0.717) is 18.2 Å². The summed E-state index contributed by atoms with van der Waals surface area (Å²) in [5, 5.41) is 0. The van der Waals surface area contributed by atoms with E-state index in [4.69, 9.17) is 0 Å². The highest BCUT2D eigenvalue weighted by Crippen LogP contribution is 2.44. The number of nitrogens with one attached hydrogen (secondary N) is 1. The van der Waals surface area contributed by atoms with E-state index in [1.807, 2.05) is 30.1 Å². The van der Waals surface area contributed by atoms with Crippen LogP contribution in [0, 0.1) is 5.41 Å². The van der Waals surface area contributed by atoms with E-state index < -0.39 is 0 Å². The van der Waals surface area contributed by atoms with Gasteiger partial charge in [0.2, 0.25) is 0 Å². The third-order valence-corrected chi connectivity index (χ3v) is 4.54. The molecule has 6 nitrogen and oxygen atoms in total. The second-order valence-corrected chi connectivity index (χ2v) is 7.48. The molecule has 2 heterocycles. The number of hydrogen-bond donors (Lipinski definition) is 1. The number of H-pyrrole nitrogens is 1. The second-order valence-electron chi connectivity index (χ2n) is 7.48. The summed E-state index contributed by atoms with van der Waals surface area (Å²) in [6, 6.07) is 10.3. The molecule has 3 rings (SSSR count). The molecule has 24 heavy (non-hydrogen) atoms. The molecule has 128 valence electrons. The molecule has 0 spiro atoms. The van der Waals surface area contributed by atoms with Crippen molar-refractivity contribution in [3.05, 3.63) is 56.7 Å². The first-order valence-electron chi connectivity index (χ1n) is 8.08. The summed E-state index contributed by atoms with van der Waals surface area (Å²) in [4.78, 5) is 30.9. The summed E-state index contributed by atoms with van der Waals surface area (Å²) in [5.41, 5.74) is 0.905. The Kier molecular flexibility index (Phi) is 3.78.